The molecule has 0 radical (unpaired) electrons. The predicted octanol–water partition coefficient (Wildman–Crippen LogP) is 7.27. The van der Waals surface area contributed by atoms with Crippen LogP contribution in [-0.4, -0.2) is 55.6 Å². The van der Waals surface area contributed by atoms with Crippen molar-refractivity contribution in [3.8, 4) is 0 Å². The SMILES string of the molecule is CCCCCCCCCCCCN(CC(=O)NC)C(=O)OC1(CC(=O)NC)CCCCCCCCCCC1. The van der Waals surface area contributed by atoms with Gasteiger partial charge in [-0.3, -0.25) is 14.5 Å². The smallest absolute Gasteiger partial charge is 0.410 e. The Labute approximate surface area is 233 Å². The first-order chi connectivity index (χ1) is 18.5. The molecule has 0 saturated heterocycles. The lowest BCUT2D eigenvalue weighted by Crippen LogP contribution is -2.47. The van der Waals surface area contributed by atoms with Crippen LogP contribution in [0.3, 0.4) is 0 Å². The van der Waals surface area contributed by atoms with Crippen LogP contribution < -0.4 is 10.6 Å². The van der Waals surface area contributed by atoms with Crippen LogP contribution in [-0.2, 0) is 14.3 Å². The third-order valence-corrected chi connectivity index (χ3v) is 7.98. The zero-order valence-electron chi connectivity index (χ0n) is 25.1. The maximum Gasteiger partial charge on any atom is 0.410 e. The van der Waals surface area contributed by atoms with Gasteiger partial charge in [0.2, 0.25) is 11.8 Å². The average molecular weight is 538 g/mol. The Morgan fingerprint density at radius 1 is 0.658 bits per heavy atom. The van der Waals surface area contributed by atoms with Crippen LogP contribution >= 0.6 is 0 Å². The van der Waals surface area contributed by atoms with Crippen LogP contribution in [0.1, 0.15) is 148 Å². The molecule has 222 valence electrons. The molecule has 1 aliphatic carbocycles. The molecule has 38 heavy (non-hydrogen) atoms. The topological polar surface area (TPSA) is 87.7 Å². The van der Waals surface area contributed by atoms with E-state index >= 15 is 0 Å². The van der Waals surface area contributed by atoms with Crippen LogP contribution in [0.5, 0.6) is 0 Å². The number of nitrogens with one attached hydrogen (secondary N) is 2. The minimum atomic E-state index is -0.810. The quantitative estimate of drug-likeness (QED) is 0.203. The van der Waals surface area contributed by atoms with Gasteiger partial charge in [0.1, 0.15) is 12.1 Å². The van der Waals surface area contributed by atoms with Gasteiger partial charge in [-0.2, -0.15) is 0 Å². The van der Waals surface area contributed by atoms with Gasteiger partial charge in [0.25, 0.3) is 0 Å². The molecule has 2 N–H and O–H groups in total. The monoisotopic (exact) mass is 537 g/mol. The summed E-state index contributed by atoms with van der Waals surface area (Å²) < 4.78 is 6.25. The van der Waals surface area contributed by atoms with Gasteiger partial charge >= 0.3 is 6.09 Å². The van der Waals surface area contributed by atoms with Crippen molar-refractivity contribution in [2.24, 2.45) is 0 Å². The van der Waals surface area contributed by atoms with E-state index in [1.165, 1.54) is 77.0 Å². The van der Waals surface area contributed by atoms with Gasteiger partial charge in [-0.1, -0.05) is 110 Å². The lowest BCUT2D eigenvalue weighted by Gasteiger charge is -2.36. The van der Waals surface area contributed by atoms with Crippen molar-refractivity contribution in [1.29, 1.82) is 0 Å². The summed E-state index contributed by atoms with van der Waals surface area (Å²) >= 11 is 0. The molecular weight excluding hydrogens is 478 g/mol. The van der Waals surface area contributed by atoms with Crippen LogP contribution in [0.25, 0.3) is 0 Å². The Morgan fingerprint density at radius 3 is 1.58 bits per heavy atom. The molecule has 0 spiro atoms. The molecule has 0 bridgehead atoms. The lowest BCUT2D eigenvalue weighted by molar-refractivity contribution is -0.128. The van der Waals surface area contributed by atoms with Gasteiger partial charge in [-0.25, -0.2) is 4.79 Å². The highest BCUT2D eigenvalue weighted by atomic mass is 16.6. The van der Waals surface area contributed by atoms with Crippen molar-refractivity contribution in [2.45, 2.75) is 154 Å². The molecule has 1 saturated carbocycles. The Morgan fingerprint density at radius 2 is 1.11 bits per heavy atom. The maximum atomic E-state index is 13.5. The van der Waals surface area contributed by atoms with Gasteiger partial charge in [-0.05, 0) is 32.1 Å². The molecule has 0 atom stereocenters. The molecule has 0 aromatic carbocycles. The van der Waals surface area contributed by atoms with Gasteiger partial charge in [0.05, 0.1) is 6.42 Å². The van der Waals surface area contributed by atoms with Gasteiger partial charge in [0, 0.05) is 20.6 Å². The maximum absolute atomic E-state index is 13.5. The first kappa shape index (κ1) is 34.2. The fourth-order valence-corrected chi connectivity index (χ4v) is 5.48. The van der Waals surface area contributed by atoms with Crippen LogP contribution in [0.15, 0.2) is 0 Å². The number of rotatable bonds is 16. The van der Waals surface area contributed by atoms with E-state index in [9.17, 15) is 14.4 Å². The standard InChI is InChI=1S/C31H59N3O4/c1-4-5-6-7-8-9-13-16-19-22-25-34(27-29(36)33-3)30(37)38-31(26-28(35)32-2)23-20-17-14-11-10-12-15-18-21-24-31/h4-27H2,1-3H3,(H,32,35)(H,33,36). The molecular formula is C31H59N3O4. The molecule has 7 nitrogen and oxygen atoms in total. The summed E-state index contributed by atoms with van der Waals surface area (Å²) in [5, 5.41) is 5.37. The summed E-state index contributed by atoms with van der Waals surface area (Å²) in [6.07, 6.45) is 23.5. The molecule has 0 heterocycles. The largest absolute Gasteiger partial charge is 0.442 e. The number of carbonyl (C=O) groups excluding carboxylic acids is 3. The third kappa shape index (κ3) is 16.2. The summed E-state index contributed by atoms with van der Waals surface area (Å²) in [7, 11) is 3.22. The van der Waals surface area contributed by atoms with E-state index in [-0.39, 0.29) is 24.8 Å². The molecule has 1 fully saturated rings. The summed E-state index contributed by atoms with van der Waals surface area (Å²) in [6, 6.07) is 0. The highest BCUT2D eigenvalue weighted by Gasteiger charge is 2.37. The van der Waals surface area contributed by atoms with Crippen molar-refractivity contribution < 1.29 is 19.1 Å². The summed E-state index contributed by atoms with van der Waals surface area (Å²) in [4.78, 5) is 39.8. The number of likely N-dealkylation sites (N-methyl/N-ethyl adjacent to an activating group) is 1. The fraction of sp³-hybridized carbons (Fsp3) is 0.903. The van der Waals surface area contributed by atoms with Crippen LogP contribution in [0.2, 0.25) is 0 Å². The molecule has 0 aromatic rings. The second-order valence-electron chi connectivity index (χ2n) is 11.4. The number of unbranched alkanes of at least 4 members (excludes halogenated alkanes) is 9. The highest BCUT2D eigenvalue weighted by molar-refractivity contribution is 5.82. The fourth-order valence-electron chi connectivity index (χ4n) is 5.48. The second kappa shape index (κ2) is 22.1. The summed E-state index contributed by atoms with van der Waals surface area (Å²) in [5.74, 6) is -0.300. The first-order valence-electron chi connectivity index (χ1n) is 15.9. The normalized spacial score (nSPS) is 16.5. The zero-order chi connectivity index (χ0) is 27.9. The number of hydrogen-bond donors (Lipinski definition) is 2. The predicted molar refractivity (Wildman–Crippen MR) is 156 cm³/mol. The van der Waals surface area contributed by atoms with E-state index in [4.69, 9.17) is 4.74 Å². The summed E-state index contributed by atoms with van der Waals surface area (Å²) in [6.45, 7) is 2.73. The Balaban J connectivity index is 2.75. The summed E-state index contributed by atoms with van der Waals surface area (Å²) in [5.41, 5.74) is -0.810. The average Bonchev–Trinajstić information content (AvgIpc) is 2.90. The van der Waals surface area contributed by atoms with E-state index < -0.39 is 11.7 Å². The zero-order valence-corrected chi connectivity index (χ0v) is 25.1. The van der Waals surface area contributed by atoms with E-state index in [0.717, 1.165) is 44.9 Å². The van der Waals surface area contributed by atoms with Crippen LogP contribution in [0.4, 0.5) is 4.79 Å². The molecule has 1 aliphatic rings. The third-order valence-electron chi connectivity index (χ3n) is 7.98. The highest BCUT2D eigenvalue weighted by Crippen LogP contribution is 2.32. The number of hydrogen-bond acceptors (Lipinski definition) is 4. The van der Waals surface area contributed by atoms with Gasteiger partial charge in [-0.15, -0.1) is 0 Å². The number of nitrogens with zero attached hydrogens (tertiary/aromatic N) is 1. The molecule has 3 amide bonds. The second-order valence-corrected chi connectivity index (χ2v) is 11.4. The van der Waals surface area contributed by atoms with Gasteiger partial charge in [0.15, 0.2) is 0 Å². The van der Waals surface area contributed by atoms with Crippen molar-refractivity contribution >= 4 is 17.9 Å². The molecule has 0 unspecified atom stereocenters. The van der Waals surface area contributed by atoms with Crippen molar-refractivity contribution in [2.75, 3.05) is 27.2 Å². The van der Waals surface area contributed by atoms with E-state index in [1.807, 2.05) is 0 Å². The minimum absolute atomic E-state index is 0.0111. The lowest BCUT2D eigenvalue weighted by atomic mass is 9.85. The first-order valence-corrected chi connectivity index (χ1v) is 15.9. The van der Waals surface area contributed by atoms with E-state index in [1.54, 1.807) is 19.0 Å². The van der Waals surface area contributed by atoms with Crippen molar-refractivity contribution in [1.82, 2.24) is 15.5 Å². The molecule has 1 rings (SSSR count). The Bertz CT molecular complexity index is 629. The van der Waals surface area contributed by atoms with Crippen molar-refractivity contribution in [3.05, 3.63) is 0 Å². The van der Waals surface area contributed by atoms with Gasteiger partial charge < -0.3 is 15.4 Å². The van der Waals surface area contributed by atoms with Crippen LogP contribution in [0, 0.1) is 0 Å². The minimum Gasteiger partial charge on any atom is -0.442 e. The Hall–Kier alpha value is -1.79. The number of ether oxygens (including phenoxy) is 1. The number of carbonyl (C=O) groups is 3. The molecule has 7 heteroatoms. The van der Waals surface area contributed by atoms with Crippen molar-refractivity contribution in [3.63, 3.8) is 0 Å². The van der Waals surface area contributed by atoms with E-state index in [2.05, 4.69) is 17.6 Å². The molecule has 0 aromatic heterocycles. The molecule has 0 aliphatic heterocycles. The number of amides is 3. The van der Waals surface area contributed by atoms with E-state index in [0.29, 0.717) is 19.4 Å². The Kier molecular flexibility index (Phi) is 19.9.